The molecule has 2 aliphatic rings. The van der Waals surface area contributed by atoms with Crippen molar-refractivity contribution in [3.8, 4) is 0 Å². The van der Waals surface area contributed by atoms with Gasteiger partial charge in [0.1, 0.15) is 17.4 Å². The first-order valence-electron chi connectivity index (χ1n) is 5.40. The maximum absolute atomic E-state index is 13.7. The van der Waals surface area contributed by atoms with Gasteiger partial charge in [0.25, 0.3) is 0 Å². The SMILES string of the molecule is FC1CCN[C@H]2c3ccc(Cl)nc3CO[C@@H]12. The number of nitrogens with zero attached hydrogens (tertiary/aromatic N) is 1. The van der Waals surface area contributed by atoms with Crippen LogP contribution in [-0.4, -0.2) is 23.8 Å². The normalized spacial score (nSPS) is 33.0. The van der Waals surface area contributed by atoms with Crippen molar-refractivity contribution in [2.24, 2.45) is 0 Å². The molecule has 0 aromatic carbocycles. The van der Waals surface area contributed by atoms with Crippen LogP contribution in [0.1, 0.15) is 23.7 Å². The number of hydrogen-bond acceptors (Lipinski definition) is 3. The molecule has 0 spiro atoms. The van der Waals surface area contributed by atoms with Gasteiger partial charge in [0.2, 0.25) is 0 Å². The molecule has 3 nitrogen and oxygen atoms in total. The van der Waals surface area contributed by atoms with Crippen LogP contribution in [0, 0.1) is 0 Å². The van der Waals surface area contributed by atoms with Crippen molar-refractivity contribution in [3.63, 3.8) is 0 Å². The fourth-order valence-electron chi connectivity index (χ4n) is 2.41. The second-order valence-electron chi connectivity index (χ2n) is 4.18. The summed E-state index contributed by atoms with van der Waals surface area (Å²) in [5.41, 5.74) is 1.83. The lowest BCUT2D eigenvalue weighted by molar-refractivity contribution is -0.0647. The van der Waals surface area contributed by atoms with Crippen LogP contribution in [0.15, 0.2) is 12.1 Å². The first-order valence-corrected chi connectivity index (χ1v) is 5.78. The minimum Gasteiger partial charge on any atom is -0.367 e. The maximum Gasteiger partial charge on any atom is 0.129 e. The average Bonchev–Trinajstić information content (AvgIpc) is 2.28. The number of aromatic nitrogens is 1. The predicted octanol–water partition coefficient (Wildman–Crippen LogP) is 2.01. The number of hydrogen-bond donors (Lipinski definition) is 1. The predicted molar refractivity (Wildman–Crippen MR) is 58.1 cm³/mol. The highest BCUT2D eigenvalue weighted by atomic mass is 35.5. The third kappa shape index (κ3) is 1.61. The van der Waals surface area contributed by atoms with E-state index in [1.807, 2.05) is 6.07 Å². The second kappa shape index (κ2) is 3.95. The number of alkyl halides is 1. The molecule has 1 N–H and O–H groups in total. The summed E-state index contributed by atoms with van der Waals surface area (Å²) in [6.07, 6.45) is -0.767. The zero-order valence-corrected chi connectivity index (χ0v) is 9.38. The molecule has 1 aromatic rings. The van der Waals surface area contributed by atoms with Crippen molar-refractivity contribution in [2.75, 3.05) is 6.54 Å². The zero-order chi connectivity index (χ0) is 11.1. The largest absolute Gasteiger partial charge is 0.367 e. The molecule has 0 aliphatic carbocycles. The number of piperidine rings is 1. The van der Waals surface area contributed by atoms with Crippen LogP contribution >= 0.6 is 11.6 Å². The molecule has 0 saturated carbocycles. The van der Waals surface area contributed by atoms with Crippen LogP contribution in [0.3, 0.4) is 0 Å². The standard InChI is InChI=1S/C11H12ClFN2O/c12-9-2-1-6-8(15-9)5-16-11-7(13)3-4-14-10(6)11/h1-2,7,10-11,14H,3-5H2/t7?,10-,11-/m0/s1. The Bertz CT molecular complexity index is 415. The number of nitrogens with one attached hydrogen (secondary N) is 1. The van der Waals surface area contributed by atoms with E-state index in [0.717, 1.165) is 11.3 Å². The van der Waals surface area contributed by atoms with E-state index >= 15 is 0 Å². The molecular formula is C11H12ClFN2O. The van der Waals surface area contributed by atoms with E-state index in [2.05, 4.69) is 10.3 Å². The Morgan fingerprint density at radius 3 is 3.25 bits per heavy atom. The Hall–Kier alpha value is -0.710. The highest BCUT2D eigenvalue weighted by molar-refractivity contribution is 6.29. The topological polar surface area (TPSA) is 34.2 Å². The minimum absolute atomic E-state index is 0.0859. The maximum atomic E-state index is 13.7. The minimum atomic E-state index is -0.893. The lowest BCUT2D eigenvalue weighted by Gasteiger charge is -2.39. The van der Waals surface area contributed by atoms with E-state index in [4.69, 9.17) is 16.3 Å². The van der Waals surface area contributed by atoms with Gasteiger partial charge in [-0.3, -0.25) is 0 Å². The van der Waals surface area contributed by atoms with Crippen LogP contribution in [-0.2, 0) is 11.3 Å². The summed E-state index contributed by atoms with van der Waals surface area (Å²) in [6.45, 7) is 1.02. The Morgan fingerprint density at radius 1 is 1.50 bits per heavy atom. The van der Waals surface area contributed by atoms with Crippen molar-refractivity contribution in [2.45, 2.75) is 31.3 Å². The fourth-order valence-corrected chi connectivity index (χ4v) is 2.58. The van der Waals surface area contributed by atoms with Gasteiger partial charge < -0.3 is 10.1 Å². The molecule has 1 aromatic heterocycles. The van der Waals surface area contributed by atoms with Crippen molar-refractivity contribution >= 4 is 11.6 Å². The summed E-state index contributed by atoms with van der Waals surface area (Å²) < 4.78 is 19.2. The van der Waals surface area contributed by atoms with Gasteiger partial charge in [-0.1, -0.05) is 17.7 Å². The first kappa shape index (κ1) is 10.4. The Kier molecular flexibility index (Phi) is 2.58. The molecule has 3 atom stereocenters. The molecule has 3 heterocycles. The zero-order valence-electron chi connectivity index (χ0n) is 8.62. The number of fused-ring (bicyclic) bond motifs is 3. The van der Waals surface area contributed by atoms with Crippen LogP contribution in [0.4, 0.5) is 4.39 Å². The monoisotopic (exact) mass is 242 g/mol. The van der Waals surface area contributed by atoms with Gasteiger partial charge in [-0.05, 0) is 24.6 Å². The Balaban J connectivity index is 1.99. The van der Waals surface area contributed by atoms with Crippen molar-refractivity contribution < 1.29 is 9.13 Å². The van der Waals surface area contributed by atoms with Crippen LogP contribution < -0.4 is 5.32 Å². The van der Waals surface area contributed by atoms with Gasteiger partial charge in [0.15, 0.2) is 0 Å². The molecular weight excluding hydrogens is 231 g/mol. The average molecular weight is 243 g/mol. The van der Waals surface area contributed by atoms with E-state index in [1.165, 1.54) is 0 Å². The van der Waals surface area contributed by atoms with Crippen molar-refractivity contribution in [3.05, 3.63) is 28.5 Å². The third-order valence-corrected chi connectivity index (χ3v) is 3.40. The second-order valence-corrected chi connectivity index (χ2v) is 4.57. The first-order chi connectivity index (χ1) is 7.75. The van der Waals surface area contributed by atoms with Crippen LogP contribution in [0.5, 0.6) is 0 Å². The molecule has 0 bridgehead atoms. The van der Waals surface area contributed by atoms with Gasteiger partial charge in [-0.25, -0.2) is 9.37 Å². The molecule has 1 unspecified atom stereocenters. The molecule has 3 rings (SSSR count). The van der Waals surface area contributed by atoms with Gasteiger partial charge in [0.05, 0.1) is 18.3 Å². The summed E-state index contributed by atoms with van der Waals surface area (Å²) in [6, 6.07) is 3.57. The summed E-state index contributed by atoms with van der Waals surface area (Å²) in [5, 5.41) is 3.73. The molecule has 2 aliphatic heterocycles. The summed E-state index contributed by atoms with van der Waals surface area (Å²) in [5.74, 6) is 0. The molecule has 1 saturated heterocycles. The quantitative estimate of drug-likeness (QED) is 0.707. The fraction of sp³-hybridized carbons (Fsp3) is 0.545. The molecule has 0 radical (unpaired) electrons. The van der Waals surface area contributed by atoms with Gasteiger partial charge in [-0.15, -0.1) is 0 Å². The van der Waals surface area contributed by atoms with E-state index < -0.39 is 6.17 Å². The molecule has 1 fully saturated rings. The van der Waals surface area contributed by atoms with Crippen molar-refractivity contribution in [1.82, 2.24) is 10.3 Å². The smallest absolute Gasteiger partial charge is 0.129 e. The van der Waals surface area contributed by atoms with Crippen molar-refractivity contribution in [1.29, 1.82) is 0 Å². The molecule has 5 heteroatoms. The molecule has 0 amide bonds. The Morgan fingerprint density at radius 2 is 2.38 bits per heavy atom. The highest BCUT2D eigenvalue weighted by Crippen LogP contribution is 2.34. The van der Waals surface area contributed by atoms with E-state index in [0.29, 0.717) is 24.7 Å². The number of rotatable bonds is 0. The number of ether oxygens (including phenoxy) is 1. The van der Waals surface area contributed by atoms with Gasteiger partial charge in [0, 0.05) is 0 Å². The molecule has 86 valence electrons. The van der Waals surface area contributed by atoms with Crippen LogP contribution in [0.2, 0.25) is 5.15 Å². The Labute approximate surface area is 98.0 Å². The van der Waals surface area contributed by atoms with E-state index in [-0.39, 0.29) is 12.1 Å². The lowest BCUT2D eigenvalue weighted by Crippen LogP contribution is -2.48. The van der Waals surface area contributed by atoms with Gasteiger partial charge in [-0.2, -0.15) is 0 Å². The lowest BCUT2D eigenvalue weighted by atomic mass is 9.90. The molecule has 16 heavy (non-hydrogen) atoms. The van der Waals surface area contributed by atoms with E-state index in [1.54, 1.807) is 6.07 Å². The third-order valence-electron chi connectivity index (χ3n) is 3.19. The number of halogens is 2. The summed E-state index contributed by atoms with van der Waals surface area (Å²) in [4.78, 5) is 4.21. The summed E-state index contributed by atoms with van der Waals surface area (Å²) >= 11 is 5.82. The number of pyridine rings is 1. The van der Waals surface area contributed by atoms with Crippen LogP contribution in [0.25, 0.3) is 0 Å². The highest BCUT2D eigenvalue weighted by Gasteiger charge is 2.39. The summed E-state index contributed by atoms with van der Waals surface area (Å²) in [7, 11) is 0. The van der Waals surface area contributed by atoms with Gasteiger partial charge >= 0.3 is 0 Å². The van der Waals surface area contributed by atoms with E-state index in [9.17, 15) is 4.39 Å².